The molecule has 0 amide bonds. The summed E-state index contributed by atoms with van der Waals surface area (Å²) in [5.74, 6) is 0.842. The molecule has 0 bridgehead atoms. The lowest BCUT2D eigenvalue weighted by molar-refractivity contribution is -0.0321. The molecule has 0 saturated heterocycles. The fourth-order valence-corrected chi connectivity index (χ4v) is 5.66. The predicted octanol–water partition coefficient (Wildman–Crippen LogP) is 7.83. The largest absolute Gasteiger partial charge is 0.511 e. The molecular formula is C26H40O2. The van der Waals surface area contributed by atoms with Gasteiger partial charge in [0.25, 0.3) is 0 Å². The van der Waals surface area contributed by atoms with E-state index in [1.807, 2.05) is 6.07 Å². The minimum absolute atomic E-state index is 0.00757. The van der Waals surface area contributed by atoms with E-state index in [0.29, 0.717) is 11.5 Å². The van der Waals surface area contributed by atoms with Crippen molar-refractivity contribution in [2.45, 2.75) is 87.5 Å². The average Bonchev–Trinajstić information content (AvgIpc) is 2.52. The Morgan fingerprint density at radius 3 is 2.04 bits per heavy atom. The Morgan fingerprint density at radius 1 is 1.00 bits per heavy atom. The van der Waals surface area contributed by atoms with E-state index in [1.165, 1.54) is 0 Å². The Labute approximate surface area is 172 Å². The summed E-state index contributed by atoms with van der Waals surface area (Å²) in [6.07, 6.45) is 5.02. The van der Waals surface area contributed by atoms with Gasteiger partial charge in [0.1, 0.15) is 11.5 Å². The van der Waals surface area contributed by atoms with E-state index in [2.05, 4.69) is 74.5 Å². The molecule has 0 aromatic heterocycles. The molecule has 0 spiro atoms. The minimum Gasteiger partial charge on any atom is -0.511 e. The van der Waals surface area contributed by atoms with Crippen LogP contribution in [-0.4, -0.2) is 10.2 Å². The number of aliphatic hydroxyl groups excluding tert-OH is 1. The Kier molecular flexibility index (Phi) is 6.14. The van der Waals surface area contributed by atoms with Crippen molar-refractivity contribution in [2.24, 2.45) is 16.2 Å². The highest BCUT2D eigenvalue weighted by Gasteiger charge is 2.55. The molecule has 0 saturated carbocycles. The number of phenolic OH excluding ortho intramolecular Hbond substituents is 1. The van der Waals surface area contributed by atoms with Gasteiger partial charge in [0.05, 0.1) is 0 Å². The Hall–Kier alpha value is -1.70. The SMILES string of the molecule is CCCC(C1=C(O)C(C(C)(C)C)(C(C)(C)C)CC=C1C)c1c(C)cccc1O. The first-order chi connectivity index (χ1) is 12.8. The van der Waals surface area contributed by atoms with Gasteiger partial charge < -0.3 is 10.2 Å². The normalized spacial score (nSPS) is 18.8. The molecule has 0 aliphatic heterocycles. The summed E-state index contributed by atoms with van der Waals surface area (Å²) in [5, 5.41) is 22.6. The summed E-state index contributed by atoms with van der Waals surface area (Å²) in [6.45, 7) is 19.8. The molecule has 2 rings (SSSR count). The monoisotopic (exact) mass is 384 g/mol. The summed E-state index contributed by atoms with van der Waals surface area (Å²) in [4.78, 5) is 0. The van der Waals surface area contributed by atoms with Crippen LogP contribution in [0.15, 0.2) is 41.2 Å². The molecule has 2 nitrogen and oxygen atoms in total. The number of hydrogen-bond acceptors (Lipinski definition) is 2. The van der Waals surface area contributed by atoms with Crippen molar-refractivity contribution < 1.29 is 10.2 Å². The summed E-state index contributed by atoms with van der Waals surface area (Å²) >= 11 is 0. The number of rotatable bonds is 4. The van der Waals surface area contributed by atoms with Gasteiger partial charge in [-0.1, -0.05) is 73.1 Å². The fraction of sp³-hybridized carbons (Fsp3) is 0.615. The van der Waals surface area contributed by atoms with Crippen molar-refractivity contribution in [3.05, 3.63) is 52.3 Å². The van der Waals surface area contributed by atoms with E-state index in [1.54, 1.807) is 6.07 Å². The molecule has 2 N–H and O–H groups in total. The first-order valence-electron chi connectivity index (χ1n) is 10.7. The topological polar surface area (TPSA) is 40.5 Å². The van der Waals surface area contributed by atoms with E-state index in [-0.39, 0.29) is 22.2 Å². The Balaban J connectivity index is 2.85. The van der Waals surface area contributed by atoms with Gasteiger partial charge in [-0.05, 0) is 54.7 Å². The number of allylic oxidation sites excluding steroid dienone is 4. The zero-order valence-corrected chi connectivity index (χ0v) is 19.4. The van der Waals surface area contributed by atoms with Crippen LogP contribution in [0.4, 0.5) is 0 Å². The second-order valence-corrected chi connectivity index (χ2v) is 10.6. The van der Waals surface area contributed by atoms with Gasteiger partial charge in [0.2, 0.25) is 0 Å². The standard InChI is InChI=1S/C26H40O2/c1-10-12-19(21-17(2)13-11-14-20(21)27)22-18(3)15-16-26(23(22)28,24(4,5)6)25(7,8)9/h11,13-15,19,27-28H,10,12,16H2,1-9H3. The molecular weight excluding hydrogens is 344 g/mol. The van der Waals surface area contributed by atoms with Gasteiger partial charge in [-0.25, -0.2) is 0 Å². The molecule has 0 fully saturated rings. The minimum atomic E-state index is -0.362. The second kappa shape index (κ2) is 7.61. The van der Waals surface area contributed by atoms with Crippen LogP contribution >= 0.6 is 0 Å². The molecule has 1 unspecified atom stereocenters. The number of phenols is 1. The van der Waals surface area contributed by atoms with Gasteiger partial charge in [0, 0.05) is 22.5 Å². The van der Waals surface area contributed by atoms with E-state index < -0.39 is 0 Å². The third-order valence-corrected chi connectivity index (χ3v) is 6.93. The highest BCUT2D eigenvalue weighted by Crippen LogP contribution is 2.62. The van der Waals surface area contributed by atoms with Crippen molar-refractivity contribution in [3.8, 4) is 5.75 Å². The van der Waals surface area contributed by atoms with Crippen LogP contribution in [0.25, 0.3) is 0 Å². The molecule has 1 aromatic carbocycles. The highest BCUT2D eigenvalue weighted by atomic mass is 16.3. The van der Waals surface area contributed by atoms with Gasteiger partial charge in [-0.15, -0.1) is 0 Å². The lowest BCUT2D eigenvalue weighted by atomic mass is 9.49. The third kappa shape index (κ3) is 3.51. The number of aromatic hydroxyl groups is 1. The van der Waals surface area contributed by atoms with Crippen LogP contribution < -0.4 is 0 Å². The molecule has 1 atom stereocenters. The first kappa shape index (κ1) is 22.6. The molecule has 1 aliphatic rings. The van der Waals surface area contributed by atoms with E-state index in [0.717, 1.165) is 41.5 Å². The number of benzene rings is 1. The van der Waals surface area contributed by atoms with Crippen molar-refractivity contribution in [1.29, 1.82) is 0 Å². The first-order valence-corrected chi connectivity index (χ1v) is 10.7. The molecule has 1 aliphatic carbocycles. The highest BCUT2D eigenvalue weighted by molar-refractivity contribution is 5.52. The predicted molar refractivity (Wildman–Crippen MR) is 120 cm³/mol. The zero-order valence-electron chi connectivity index (χ0n) is 19.4. The summed E-state index contributed by atoms with van der Waals surface area (Å²) in [7, 11) is 0. The van der Waals surface area contributed by atoms with Crippen LogP contribution in [0.2, 0.25) is 0 Å². The van der Waals surface area contributed by atoms with Gasteiger partial charge in [-0.2, -0.15) is 0 Å². The molecule has 2 heteroatoms. The summed E-state index contributed by atoms with van der Waals surface area (Å²) in [6, 6.07) is 5.72. The van der Waals surface area contributed by atoms with Crippen LogP contribution in [0.5, 0.6) is 5.75 Å². The van der Waals surface area contributed by atoms with Crippen LogP contribution in [-0.2, 0) is 0 Å². The molecule has 156 valence electrons. The smallest absolute Gasteiger partial charge is 0.119 e. The fourth-order valence-electron chi connectivity index (χ4n) is 5.66. The molecule has 0 radical (unpaired) electrons. The van der Waals surface area contributed by atoms with Gasteiger partial charge in [0.15, 0.2) is 0 Å². The zero-order chi connectivity index (χ0) is 21.5. The molecule has 1 aromatic rings. The van der Waals surface area contributed by atoms with E-state index in [9.17, 15) is 10.2 Å². The quantitative estimate of drug-likeness (QED) is 0.555. The molecule has 0 heterocycles. The number of hydrogen-bond donors (Lipinski definition) is 2. The lowest BCUT2D eigenvalue weighted by Gasteiger charge is -2.55. The Bertz CT molecular complexity index is 747. The van der Waals surface area contributed by atoms with Crippen molar-refractivity contribution in [2.75, 3.05) is 0 Å². The van der Waals surface area contributed by atoms with Crippen molar-refractivity contribution in [3.63, 3.8) is 0 Å². The van der Waals surface area contributed by atoms with E-state index in [4.69, 9.17) is 0 Å². The average molecular weight is 385 g/mol. The Morgan fingerprint density at radius 2 is 1.57 bits per heavy atom. The maximum Gasteiger partial charge on any atom is 0.119 e. The van der Waals surface area contributed by atoms with Crippen molar-refractivity contribution >= 4 is 0 Å². The third-order valence-electron chi connectivity index (χ3n) is 6.93. The number of aryl methyl sites for hydroxylation is 1. The van der Waals surface area contributed by atoms with Gasteiger partial charge >= 0.3 is 0 Å². The number of aliphatic hydroxyl groups is 1. The summed E-state index contributed by atoms with van der Waals surface area (Å²) < 4.78 is 0. The van der Waals surface area contributed by atoms with Gasteiger partial charge in [-0.3, -0.25) is 0 Å². The lowest BCUT2D eigenvalue weighted by Crippen LogP contribution is -2.49. The van der Waals surface area contributed by atoms with Crippen LogP contribution in [0.1, 0.15) is 91.7 Å². The van der Waals surface area contributed by atoms with E-state index >= 15 is 0 Å². The molecule has 28 heavy (non-hydrogen) atoms. The summed E-state index contributed by atoms with van der Waals surface area (Å²) in [5.41, 5.74) is 3.61. The maximum absolute atomic E-state index is 11.9. The van der Waals surface area contributed by atoms with Crippen molar-refractivity contribution in [1.82, 2.24) is 0 Å². The van der Waals surface area contributed by atoms with Crippen LogP contribution in [0, 0.1) is 23.2 Å². The second-order valence-electron chi connectivity index (χ2n) is 10.6. The maximum atomic E-state index is 11.9. The van der Waals surface area contributed by atoms with Crippen LogP contribution in [0.3, 0.4) is 0 Å².